The van der Waals surface area contributed by atoms with E-state index in [-0.39, 0.29) is 17.5 Å². The molecular formula is C9H12N6O. The summed E-state index contributed by atoms with van der Waals surface area (Å²) in [6.07, 6.45) is 4.80. The Kier molecular flexibility index (Phi) is 2.43. The molecule has 0 saturated carbocycles. The summed E-state index contributed by atoms with van der Waals surface area (Å²) in [6, 6.07) is 0.0165. The molecule has 84 valence electrons. The van der Waals surface area contributed by atoms with Crippen molar-refractivity contribution in [2.24, 2.45) is 0 Å². The zero-order chi connectivity index (χ0) is 11.7. The van der Waals surface area contributed by atoms with Crippen LogP contribution in [-0.4, -0.2) is 24.5 Å². The molecule has 2 aromatic rings. The minimum Gasteiger partial charge on any atom is -0.382 e. The van der Waals surface area contributed by atoms with Crippen LogP contribution in [0.3, 0.4) is 0 Å². The molecule has 0 unspecified atom stereocenters. The number of aromatic nitrogens is 5. The summed E-state index contributed by atoms with van der Waals surface area (Å²) >= 11 is 0. The molecule has 2 aromatic heterocycles. The second-order valence-electron chi connectivity index (χ2n) is 3.64. The molecule has 0 spiro atoms. The first-order chi connectivity index (χ1) is 7.59. The van der Waals surface area contributed by atoms with Gasteiger partial charge in [-0.15, -0.1) is 5.10 Å². The Morgan fingerprint density at radius 2 is 2.19 bits per heavy atom. The zero-order valence-electron chi connectivity index (χ0n) is 9.03. The summed E-state index contributed by atoms with van der Waals surface area (Å²) < 4.78 is 2.97. The maximum atomic E-state index is 11.5. The first-order valence-electron chi connectivity index (χ1n) is 4.85. The number of hydrogen-bond donors (Lipinski definition) is 1. The molecule has 0 saturated heterocycles. The van der Waals surface area contributed by atoms with Crippen LogP contribution in [0.1, 0.15) is 19.9 Å². The van der Waals surface area contributed by atoms with Crippen molar-refractivity contribution in [3.63, 3.8) is 0 Å². The van der Waals surface area contributed by atoms with Gasteiger partial charge in [0.15, 0.2) is 5.82 Å². The molecule has 7 heteroatoms. The maximum absolute atomic E-state index is 11.5. The van der Waals surface area contributed by atoms with Crippen molar-refractivity contribution >= 4 is 5.82 Å². The quantitative estimate of drug-likeness (QED) is 0.768. The second kappa shape index (κ2) is 3.76. The first-order valence-corrected chi connectivity index (χ1v) is 4.85. The van der Waals surface area contributed by atoms with Crippen LogP contribution >= 0.6 is 0 Å². The second-order valence-corrected chi connectivity index (χ2v) is 3.64. The predicted octanol–water partition coefficient (Wildman–Crippen LogP) is -0.0129. The Bertz CT molecular complexity index is 542. The van der Waals surface area contributed by atoms with Crippen LogP contribution in [0.15, 0.2) is 23.4 Å². The molecule has 0 fully saturated rings. The van der Waals surface area contributed by atoms with E-state index in [4.69, 9.17) is 5.73 Å². The van der Waals surface area contributed by atoms with Crippen LogP contribution in [0.4, 0.5) is 5.82 Å². The molecule has 0 radical (unpaired) electrons. The van der Waals surface area contributed by atoms with Gasteiger partial charge in [-0.05, 0) is 13.8 Å². The average Bonchev–Trinajstić information content (AvgIpc) is 2.70. The molecule has 2 N–H and O–H groups in total. The fourth-order valence-corrected chi connectivity index (χ4v) is 1.35. The Morgan fingerprint density at radius 3 is 2.75 bits per heavy atom. The number of nitrogen functional groups attached to an aromatic ring is 1. The van der Waals surface area contributed by atoms with Crippen LogP contribution in [0, 0.1) is 0 Å². The summed E-state index contributed by atoms with van der Waals surface area (Å²) in [5.74, 6) is 0.146. The molecule has 7 nitrogen and oxygen atoms in total. The van der Waals surface area contributed by atoms with Gasteiger partial charge in [-0.25, -0.2) is 9.48 Å². The minimum atomic E-state index is -0.364. The van der Waals surface area contributed by atoms with Gasteiger partial charge in [0.2, 0.25) is 0 Å². The molecule has 0 aliphatic carbocycles. The van der Waals surface area contributed by atoms with Gasteiger partial charge in [0.25, 0.3) is 0 Å². The van der Waals surface area contributed by atoms with Crippen molar-refractivity contribution in [2.45, 2.75) is 19.9 Å². The highest BCUT2D eigenvalue weighted by Gasteiger charge is 2.10. The van der Waals surface area contributed by atoms with Gasteiger partial charge in [-0.2, -0.15) is 4.98 Å². The topological polar surface area (TPSA) is 91.6 Å². The Balaban J connectivity index is 2.63. The molecule has 0 atom stereocenters. The third-order valence-corrected chi connectivity index (χ3v) is 2.19. The lowest BCUT2D eigenvalue weighted by Gasteiger charge is -2.11. The van der Waals surface area contributed by atoms with E-state index in [0.29, 0.717) is 5.69 Å². The number of nitrogens with zero attached hydrogens (tertiary/aromatic N) is 5. The average molecular weight is 220 g/mol. The molecule has 0 aliphatic heterocycles. The van der Waals surface area contributed by atoms with Crippen molar-refractivity contribution in [1.29, 1.82) is 0 Å². The molecule has 0 bridgehead atoms. The highest BCUT2D eigenvalue weighted by molar-refractivity contribution is 5.49. The Labute approximate surface area is 91.5 Å². The van der Waals surface area contributed by atoms with E-state index >= 15 is 0 Å². The van der Waals surface area contributed by atoms with Crippen molar-refractivity contribution < 1.29 is 0 Å². The van der Waals surface area contributed by atoms with Crippen molar-refractivity contribution in [1.82, 2.24) is 24.5 Å². The molecule has 2 heterocycles. The zero-order valence-corrected chi connectivity index (χ0v) is 9.03. The van der Waals surface area contributed by atoms with E-state index in [0.717, 1.165) is 0 Å². The van der Waals surface area contributed by atoms with Gasteiger partial charge in [-0.1, -0.05) is 5.21 Å². The monoisotopic (exact) mass is 220 g/mol. The molecule has 2 rings (SSSR count). The number of rotatable bonds is 2. The minimum absolute atomic E-state index is 0.0165. The molecular weight excluding hydrogens is 208 g/mol. The van der Waals surface area contributed by atoms with Gasteiger partial charge in [0.05, 0.1) is 12.4 Å². The molecule has 0 aromatic carbocycles. The van der Waals surface area contributed by atoms with E-state index < -0.39 is 0 Å². The molecule has 0 aliphatic rings. The maximum Gasteiger partial charge on any atom is 0.349 e. The standard InChI is InChI=1S/C9H12N6O/c1-6(2)14-5-7(8(10)12-9(14)16)15-4-3-11-13-15/h3-6H,1-2H3,(H2,10,12,16). The van der Waals surface area contributed by atoms with E-state index in [2.05, 4.69) is 15.3 Å². The van der Waals surface area contributed by atoms with Crippen LogP contribution in [0.2, 0.25) is 0 Å². The third kappa shape index (κ3) is 1.67. The fourth-order valence-electron chi connectivity index (χ4n) is 1.35. The van der Waals surface area contributed by atoms with Crippen molar-refractivity contribution in [3.8, 4) is 5.69 Å². The predicted molar refractivity (Wildman–Crippen MR) is 58.2 cm³/mol. The summed E-state index contributed by atoms with van der Waals surface area (Å²) in [5, 5.41) is 7.49. The summed E-state index contributed by atoms with van der Waals surface area (Å²) in [4.78, 5) is 15.3. The Morgan fingerprint density at radius 1 is 1.44 bits per heavy atom. The van der Waals surface area contributed by atoms with Crippen LogP contribution in [0.25, 0.3) is 5.69 Å². The molecule has 0 amide bonds. The smallest absolute Gasteiger partial charge is 0.349 e. The van der Waals surface area contributed by atoms with Crippen LogP contribution in [-0.2, 0) is 0 Å². The highest BCUT2D eigenvalue weighted by atomic mass is 16.1. The lowest BCUT2D eigenvalue weighted by molar-refractivity contribution is 0.560. The molecule has 16 heavy (non-hydrogen) atoms. The summed E-state index contributed by atoms with van der Waals surface area (Å²) in [7, 11) is 0. The summed E-state index contributed by atoms with van der Waals surface area (Å²) in [6.45, 7) is 3.79. The van der Waals surface area contributed by atoms with E-state index in [9.17, 15) is 4.79 Å². The van der Waals surface area contributed by atoms with Gasteiger partial charge in [0.1, 0.15) is 5.69 Å². The largest absolute Gasteiger partial charge is 0.382 e. The van der Waals surface area contributed by atoms with E-state index in [1.165, 1.54) is 15.4 Å². The summed E-state index contributed by atoms with van der Waals surface area (Å²) in [5.41, 5.74) is 5.85. The third-order valence-electron chi connectivity index (χ3n) is 2.19. The van der Waals surface area contributed by atoms with E-state index in [1.54, 1.807) is 12.4 Å². The SMILES string of the molecule is CC(C)n1cc(-n2ccnn2)c(N)nc1=O. The number of anilines is 1. The lowest BCUT2D eigenvalue weighted by Crippen LogP contribution is -2.26. The van der Waals surface area contributed by atoms with Gasteiger partial charge in [-0.3, -0.25) is 4.57 Å². The van der Waals surface area contributed by atoms with Crippen molar-refractivity contribution in [3.05, 3.63) is 29.1 Å². The van der Waals surface area contributed by atoms with Gasteiger partial charge in [0, 0.05) is 12.2 Å². The fraction of sp³-hybridized carbons (Fsp3) is 0.333. The number of nitrogens with two attached hydrogens (primary N) is 1. The van der Waals surface area contributed by atoms with E-state index in [1.807, 2.05) is 13.8 Å². The van der Waals surface area contributed by atoms with Gasteiger partial charge < -0.3 is 5.73 Å². The van der Waals surface area contributed by atoms with Crippen LogP contribution < -0.4 is 11.4 Å². The lowest BCUT2D eigenvalue weighted by atomic mass is 10.3. The number of hydrogen-bond acceptors (Lipinski definition) is 5. The van der Waals surface area contributed by atoms with Crippen molar-refractivity contribution in [2.75, 3.05) is 5.73 Å². The Hall–Kier alpha value is -2.18. The van der Waals surface area contributed by atoms with Gasteiger partial charge >= 0.3 is 5.69 Å². The van der Waals surface area contributed by atoms with Crippen LogP contribution in [0.5, 0.6) is 0 Å². The highest BCUT2D eigenvalue weighted by Crippen LogP contribution is 2.12. The first kappa shape index (κ1) is 10.3. The normalized spacial score (nSPS) is 10.9.